The monoisotopic (exact) mass is 361 g/mol. The van der Waals surface area contributed by atoms with E-state index in [1.807, 2.05) is 0 Å². The zero-order chi connectivity index (χ0) is 18.2. The highest BCUT2D eigenvalue weighted by atomic mass is 35.5. The van der Waals surface area contributed by atoms with Gasteiger partial charge in [0.15, 0.2) is 5.56 Å². The van der Waals surface area contributed by atoms with Crippen LogP contribution in [0.15, 0.2) is 61.2 Å². The van der Waals surface area contributed by atoms with E-state index in [0.29, 0.717) is 29.4 Å². The summed E-state index contributed by atoms with van der Waals surface area (Å²) in [5.41, 5.74) is 0.302. The molecule has 0 aromatic heterocycles. The normalized spacial score (nSPS) is 12.8. The highest BCUT2D eigenvalue weighted by Crippen LogP contribution is 2.20. The van der Waals surface area contributed by atoms with Gasteiger partial charge in [0.25, 0.3) is 5.91 Å². The number of aliphatic hydroxyl groups is 1. The summed E-state index contributed by atoms with van der Waals surface area (Å²) in [5.74, 6) is 0.942. The number of nitrogens with one attached hydrogen (secondary N) is 1. The van der Waals surface area contributed by atoms with E-state index in [1.54, 1.807) is 61.5 Å². The van der Waals surface area contributed by atoms with Gasteiger partial charge in [0, 0.05) is 11.3 Å². The Morgan fingerprint density at radius 3 is 2.36 bits per heavy atom. The summed E-state index contributed by atoms with van der Waals surface area (Å²) in [6.45, 7) is 5.54. The molecule has 6 heteroatoms. The minimum Gasteiger partial charge on any atom is -0.490 e. The standard InChI is InChI=1S/C19H20ClNO4/c1-3-12-24-16-8-4-14(5-9-16)19(23)21-15-6-10-17(11-7-15)25-18(20)13(2)22/h3-11,13,18,22H,1,12H2,2H3,(H,21,23). The molecule has 1 amide bonds. The fourth-order valence-electron chi connectivity index (χ4n) is 1.91. The Morgan fingerprint density at radius 1 is 1.20 bits per heavy atom. The number of halogens is 1. The van der Waals surface area contributed by atoms with Crippen molar-refractivity contribution in [3.8, 4) is 11.5 Å². The highest BCUT2D eigenvalue weighted by molar-refractivity contribution is 6.20. The van der Waals surface area contributed by atoms with Gasteiger partial charge in [-0.1, -0.05) is 24.3 Å². The Labute approximate surface area is 151 Å². The summed E-state index contributed by atoms with van der Waals surface area (Å²) in [7, 11) is 0. The summed E-state index contributed by atoms with van der Waals surface area (Å²) in [5, 5.41) is 12.1. The van der Waals surface area contributed by atoms with Crippen LogP contribution in [0, 0.1) is 0 Å². The smallest absolute Gasteiger partial charge is 0.255 e. The second-order valence-corrected chi connectivity index (χ2v) is 5.74. The van der Waals surface area contributed by atoms with Crippen LogP contribution in [-0.2, 0) is 0 Å². The van der Waals surface area contributed by atoms with Gasteiger partial charge in [-0.25, -0.2) is 0 Å². The van der Waals surface area contributed by atoms with Crippen LogP contribution in [0.25, 0.3) is 0 Å². The number of ether oxygens (including phenoxy) is 2. The van der Waals surface area contributed by atoms with Crippen molar-refractivity contribution in [3.05, 3.63) is 66.7 Å². The molecule has 2 aromatic carbocycles. The van der Waals surface area contributed by atoms with Crippen LogP contribution < -0.4 is 14.8 Å². The van der Waals surface area contributed by atoms with Crippen LogP contribution in [0.3, 0.4) is 0 Å². The van der Waals surface area contributed by atoms with E-state index in [0.717, 1.165) is 0 Å². The van der Waals surface area contributed by atoms with E-state index in [1.165, 1.54) is 0 Å². The number of hydrogen-bond donors (Lipinski definition) is 2. The largest absolute Gasteiger partial charge is 0.490 e. The molecule has 5 nitrogen and oxygen atoms in total. The van der Waals surface area contributed by atoms with Crippen molar-refractivity contribution >= 4 is 23.2 Å². The first kappa shape index (κ1) is 18.8. The zero-order valence-corrected chi connectivity index (χ0v) is 14.6. The first-order valence-electron chi connectivity index (χ1n) is 7.73. The van der Waals surface area contributed by atoms with Crippen molar-refractivity contribution in [2.24, 2.45) is 0 Å². The summed E-state index contributed by atoms with van der Waals surface area (Å²) in [6, 6.07) is 13.6. The van der Waals surface area contributed by atoms with Crippen molar-refractivity contribution in [1.29, 1.82) is 0 Å². The number of anilines is 1. The molecule has 2 rings (SSSR count). The van der Waals surface area contributed by atoms with Crippen LogP contribution in [0.2, 0.25) is 0 Å². The molecule has 0 heterocycles. The molecule has 2 N–H and O–H groups in total. The maximum atomic E-state index is 12.2. The number of rotatable bonds is 8. The Bertz CT molecular complexity index is 698. The maximum Gasteiger partial charge on any atom is 0.255 e. The number of amides is 1. The highest BCUT2D eigenvalue weighted by Gasteiger charge is 2.13. The van der Waals surface area contributed by atoms with Crippen LogP contribution in [0.1, 0.15) is 17.3 Å². The molecule has 0 spiro atoms. The molecule has 2 aromatic rings. The van der Waals surface area contributed by atoms with Gasteiger partial charge in [0.1, 0.15) is 24.2 Å². The Balaban J connectivity index is 1.94. The first-order chi connectivity index (χ1) is 12.0. The molecule has 0 fully saturated rings. The number of carbonyl (C=O) groups is 1. The third-order valence-electron chi connectivity index (χ3n) is 3.22. The number of alkyl halides is 1. The predicted molar refractivity (Wildman–Crippen MR) is 98.5 cm³/mol. The molecule has 0 radical (unpaired) electrons. The fourth-order valence-corrected chi connectivity index (χ4v) is 2.01. The van der Waals surface area contributed by atoms with Gasteiger partial charge in [0.05, 0.1) is 0 Å². The van der Waals surface area contributed by atoms with Gasteiger partial charge in [-0.05, 0) is 55.5 Å². The van der Waals surface area contributed by atoms with Crippen LogP contribution in [-0.4, -0.2) is 29.3 Å². The minimum absolute atomic E-state index is 0.233. The average molecular weight is 362 g/mol. The molecule has 0 saturated heterocycles. The number of benzene rings is 2. The van der Waals surface area contributed by atoms with Crippen molar-refractivity contribution < 1.29 is 19.4 Å². The quantitative estimate of drug-likeness (QED) is 0.554. The second-order valence-electron chi connectivity index (χ2n) is 5.31. The molecule has 0 bridgehead atoms. The van der Waals surface area contributed by atoms with Crippen molar-refractivity contribution in [2.45, 2.75) is 18.6 Å². The van der Waals surface area contributed by atoms with E-state index in [-0.39, 0.29) is 5.91 Å². The second kappa shape index (κ2) is 9.11. The summed E-state index contributed by atoms with van der Waals surface area (Å²) in [4.78, 5) is 12.2. The molecule has 0 aliphatic rings. The van der Waals surface area contributed by atoms with Gasteiger partial charge < -0.3 is 19.9 Å². The summed E-state index contributed by atoms with van der Waals surface area (Å²) in [6.07, 6.45) is 0.862. The van der Waals surface area contributed by atoms with Gasteiger partial charge in [-0.15, -0.1) is 0 Å². The SMILES string of the molecule is C=CCOc1ccc(C(=O)Nc2ccc(OC(Cl)C(C)O)cc2)cc1. The van der Waals surface area contributed by atoms with Gasteiger partial charge in [-0.3, -0.25) is 4.79 Å². The summed E-state index contributed by atoms with van der Waals surface area (Å²) >= 11 is 5.84. The predicted octanol–water partition coefficient (Wildman–Crippen LogP) is 3.83. The third kappa shape index (κ3) is 5.81. The van der Waals surface area contributed by atoms with E-state index < -0.39 is 11.7 Å². The van der Waals surface area contributed by atoms with Gasteiger partial charge >= 0.3 is 0 Å². The van der Waals surface area contributed by atoms with Crippen LogP contribution in [0.4, 0.5) is 5.69 Å². The van der Waals surface area contributed by atoms with Gasteiger partial charge in [-0.2, -0.15) is 0 Å². The lowest BCUT2D eigenvalue weighted by Crippen LogP contribution is -2.22. The lowest BCUT2D eigenvalue weighted by Gasteiger charge is -2.15. The van der Waals surface area contributed by atoms with Crippen molar-refractivity contribution in [1.82, 2.24) is 0 Å². The Morgan fingerprint density at radius 2 is 1.80 bits per heavy atom. The lowest BCUT2D eigenvalue weighted by molar-refractivity contribution is 0.0972. The molecule has 0 saturated carbocycles. The van der Waals surface area contributed by atoms with Crippen molar-refractivity contribution in [2.75, 3.05) is 11.9 Å². The third-order valence-corrected chi connectivity index (χ3v) is 3.68. The lowest BCUT2D eigenvalue weighted by atomic mass is 10.2. The van der Waals surface area contributed by atoms with E-state index in [9.17, 15) is 9.90 Å². The van der Waals surface area contributed by atoms with Gasteiger partial charge in [0.2, 0.25) is 0 Å². The number of carbonyl (C=O) groups excluding carboxylic acids is 1. The Hall–Kier alpha value is -2.50. The topological polar surface area (TPSA) is 67.8 Å². The van der Waals surface area contributed by atoms with E-state index in [2.05, 4.69) is 11.9 Å². The molecule has 0 aliphatic heterocycles. The first-order valence-corrected chi connectivity index (χ1v) is 8.17. The Kier molecular flexibility index (Phi) is 6.86. The molecule has 0 aliphatic carbocycles. The van der Waals surface area contributed by atoms with Crippen molar-refractivity contribution in [3.63, 3.8) is 0 Å². The average Bonchev–Trinajstić information content (AvgIpc) is 2.61. The van der Waals surface area contributed by atoms with Crippen LogP contribution in [0.5, 0.6) is 11.5 Å². The van der Waals surface area contributed by atoms with E-state index >= 15 is 0 Å². The molecule has 2 atom stereocenters. The zero-order valence-electron chi connectivity index (χ0n) is 13.8. The number of hydrogen-bond acceptors (Lipinski definition) is 4. The number of aliphatic hydroxyl groups excluding tert-OH is 1. The minimum atomic E-state index is -0.831. The summed E-state index contributed by atoms with van der Waals surface area (Å²) < 4.78 is 10.7. The molecule has 25 heavy (non-hydrogen) atoms. The molecule has 2 unspecified atom stereocenters. The molecule has 132 valence electrons. The van der Waals surface area contributed by atoms with Crippen LogP contribution >= 0.6 is 11.6 Å². The molecular formula is C19H20ClNO4. The fraction of sp³-hybridized carbons (Fsp3) is 0.211. The maximum absolute atomic E-state index is 12.2. The molecular weight excluding hydrogens is 342 g/mol. The van der Waals surface area contributed by atoms with E-state index in [4.69, 9.17) is 21.1 Å².